The highest BCUT2D eigenvalue weighted by Gasteiger charge is 2.59. The predicted molar refractivity (Wildman–Crippen MR) is 225 cm³/mol. The van der Waals surface area contributed by atoms with Crippen molar-refractivity contribution in [2.45, 2.75) is 204 Å². The maximum absolute atomic E-state index is 12.1. The second kappa shape index (κ2) is 26.5. The quantitative estimate of drug-likeness (QED) is 0.0637. The van der Waals surface area contributed by atoms with Gasteiger partial charge in [0, 0.05) is 13.0 Å². The number of esters is 1. The lowest BCUT2D eigenvalue weighted by atomic mass is 9.94. The molecule has 12 bridgehead atoms. The molecule has 0 aromatic rings. The van der Waals surface area contributed by atoms with Gasteiger partial charge in [0.15, 0.2) is 37.7 Å². The third kappa shape index (κ3) is 12.5. The Labute approximate surface area is 420 Å². The number of hydrogen-bond acceptors (Lipinski definition) is 32. The van der Waals surface area contributed by atoms with Gasteiger partial charge in [-0.05, 0) is 13.3 Å². The molecule has 22 heterocycles. The molecule has 74 heavy (non-hydrogen) atoms. The van der Waals surface area contributed by atoms with Crippen molar-refractivity contribution in [2.75, 3.05) is 52.9 Å². The van der Waals surface area contributed by atoms with E-state index in [1.807, 2.05) is 0 Å². The zero-order valence-electron chi connectivity index (χ0n) is 39.6. The van der Waals surface area contributed by atoms with Crippen LogP contribution < -0.4 is 0 Å². The van der Waals surface area contributed by atoms with E-state index in [1.165, 1.54) is 0 Å². The number of aliphatic hydroxyl groups excluding tert-OH is 17. The van der Waals surface area contributed by atoms with Crippen LogP contribution in [0.2, 0.25) is 0 Å². The van der Waals surface area contributed by atoms with E-state index in [1.54, 1.807) is 6.92 Å². The van der Waals surface area contributed by atoms with Crippen LogP contribution in [0.3, 0.4) is 0 Å². The van der Waals surface area contributed by atoms with Gasteiger partial charge in [0.05, 0.1) is 46.2 Å². The highest BCUT2D eigenvalue weighted by molar-refractivity contribution is 5.69. The number of ether oxygens (including phenoxy) is 14. The first-order chi connectivity index (χ1) is 35.4. The average Bonchev–Trinajstić information content (AvgIpc) is 3.39. The van der Waals surface area contributed by atoms with Crippen molar-refractivity contribution in [1.82, 2.24) is 0 Å². The zero-order chi connectivity index (χ0) is 53.9. The van der Waals surface area contributed by atoms with E-state index < -0.39 is 230 Å². The molecular formula is C42H70O32. The molecule has 32 heteroatoms. The molecule has 22 fully saturated rings. The Bertz CT molecular complexity index is 1710. The molecule has 22 saturated heterocycles. The van der Waals surface area contributed by atoms with E-state index >= 15 is 0 Å². The minimum absolute atomic E-state index is 0.0202. The fourth-order valence-electron chi connectivity index (χ4n) is 9.77. The topological polar surface area (TPSA) is 490 Å². The number of carbonyl (C=O) groups excluding carboxylic acids is 1. The van der Waals surface area contributed by atoms with Crippen LogP contribution in [-0.2, 0) is 71.1 Å². The van der Waals surface area contributed by atoms with Gasteiger partial charge in [-0.3, -0.25) is 4.79 Å². The normalized spacial score (nSPS) is 50.6. The van der Waals surface area contributed by atoms with E-state index in [4.69, 9.17) is 66.3 Å². The molecule has 0 aliphatic carbocycles. The minimum atomic E-state index is -2.17. The standard InChI is InChI=1S/C42H70O32/c1-2-61-18(49)4-3-5-62-36-29(60)42-68-17(11-48)35(36)74-41-28(59)23(54)33(15(9-46)67-41)72-39-26(57)21(52)31(13(7-44)65-39)70-37-24(55)19(50)30(12(6-43)63-37)69-38-25(56)20(51)32(14(8-45)64-38)71-40-27(58)22(53)34(73-42)16(10-47)66-40/h12-17,19-48,50-60H,2-11H2,1H3/t12-,13-,14-,15-,16-,17-,19-,20-,21-,22-,23-,24-,25-,26-,27-,28-,29-,30-,31-,32-,33-,34-,35+,36-,37-,38-,39-,40-,41-,42-/m1/s1. The first kappa shape index (κ1) is 59.9. The predicted octanol–water partition coefficient (Wildman–Crippen LogP) is -11.7. The number of aliphatic hydroxyl groups is 17. The monoisotopic (exact) mass is 1090 g/mol. The van der Waals surface area contributed by atoms with Crippen LogP contribution in [-0.4, -0.2) is 330 Å². The molecule has 0 aromatic heterocycles. The highest BCUT2D eigenvalue weighted by atomic mass is 16.8. The number of hydrogen-bond donors (Lipinski definition) is 17. The van der Waals surface area contributed by atoms with Crippen LogP contribution >= 0.6 is 0 Å². The molecule has 0 spiro atoms. The summed E-state index contributed by atoms with van der Waals surface area (Å²) < 4.78 is 80.3. The molecule has 32 nitrogen and oxygen atoms in total. The maximum Gasteiger partial charge on any atom is 0.305 e. The van der Waals surface area contributed by atoms with Crippen LogP contribution in [0.5, 0.6) is 0 Å². The number of carbonyl (C=O) groups is 1. The van der Waals surface area contributed by atoms with Gasteiger partial charge >= 0.3 is 5.97 Å². The second-order valence-electron chi connectivity index (χ2n) is 18.6. The number of rotatable bonds is 12. The first-order valence-corrected chi connectivity index (χ1v) is 24.1. The molecular weight excluding hydrogens is 1020 g/mol. The molecule has 0 amide bonds. The largest absolute Gasteiger partial charge is 0.466 e. The summed E-state index contributed by atoms with van der Waals surface area (Å²) in [5.41, 5.74) is 0. The Hall–Kier alpha value is -1.73. The van der Waals surface area contributed by atoms with Gasteiger partial charge in [-0.1, -0.05) is 0 Å². The first-order valence-electron chi connectivity index (χ1n) is 24.1. The van der Waals surface area contributed by atoms with Crippen LogP contribution in [0, 0.1) is 0 Å². The summed E-state index contributed by atoms with van der Waals surface area (Å²) in [4.78, 5) is 12.1. The summed E-state index contributed by atoms with van der Waals surface area (Å²) in [7, 11) is 0. The minimum Gasteiger partial charge on any atom is -0.466 e. The molecule has 0 aromatic carbocycles. The molecule has 22 aliphatic rings. The molecule has 17 N–H and O–H groups in total. The van der Waals surface area contributed by atoms with E-state index in [0.717, 1.165) is 0 Å². The van der Waals surface area contributed by atoms with Crippen molar-refractivity contribution in [1.29, 1.82) is 0 Å². The Morgan fingerprint density at radius 1 is 0.351 bits per heavy atom. The SMILES string of the molecule is CCOC(=O)CCCO[C@@H]1[C@@H](O)[C@H]2O[C@H]3[C@H](O)[C@@H](O)[C@@H](O[C@H]4[C@H](O)[C@@H](O)[C@@H](O[C@H]5[C@H](O)[C@@H](O)[C@@H](O[C@H]6[C@H](O)[C@@H](O)[C@@H](O[C@H]7[C@H](O)[C@@H](O)[C@@H](O[C@H]1[C@@H](CO)O2)O[C@@H]7CO)O[C@@H]6CO)O[C@@H]5CO)O[C@@H]4CO)O[C@@H]3CO. The average molecular weight is 1090 g/mol. The molecule has 22 aliphatic heterocycles. The molecule has 0 radical (unpaired) electrons. The third-order valence-corrected chi connectivity index (χ3v) is 13.8. The summed E-state index contributed by atoms with van der Waals surface area (Å²) in [5, 5.41) is 188. The van der Waals surface area contributed by atoms with Crippen LogP contribution in [0.25, 0.3) is 0 Å². The molecule has 22 rings (SSSR count). The molecule has 430 valence electrons. The van der Waals surface area contributed by atoms with Gasteiger partial charge < -0.3 is 153 Å². The molecule has 30 atom stereocenters. The maximum atomic E-state index is 12.1. The van der Waals surface area contributed by atoms with Crippen molar-refractivity contribution in [2.24, 2.45) is 0 Å². The van der Waals surface area contributed by atoms with Crippen LogP contribution in [0.1, 0.15) is 19.8 Å². The lowest BCUT2D eigenvalue weighted by Crippen LogP contribution is -2.69. The van der Waals surface area contributed by atoms with Crippen molar-refractivity contribution in [3.63, 3.8) is 0 Å². The van der Waals surface area contributed by atoms with E-state index in [-0.39, 0.29) is 26.1 Å². The Balaban J connectivity index is 1.21. The fraction of sp³-hybridized carbons (Fsp3) is 0.976. The summed E-state index contributed by atoms with van der Waals surface area (Å²) in [6.07, 6.45) is -58.3. The third-order valence-electron chi connectivity index (χ3n) is 13.8. The highest BCUT2D eigenvalue weighted by Crippen LogP contribution is 2.38. The lowest BCUT2D eigenvalue weighted by Gasteiger charge is -2.51. The van der Waals surface area contributed by atoms with Gasteiger partial charge in [-0.25, -0.2) is 0 Å². The smallest absolute Gasteiger partial charge is 0.305 e. The fourth-order valence-corrected chi connectivity index (χ4v) is 9.77. The van der Waals surface area contributed by atoms with Gasteiger partial charge in [0.1, 0.15) is 146 Å². The lowest BCUT2D eigenvalue weighted by molar-refractivity contribution is -0.404. The molecule has 0 saturated carbocycles. The van der Waals surface area contributed by atoms with Gasteiger partial charge in [-0.15, -0.1) is 0 Å². The summed E-state index contributed by atoms with van der Waals surface area (Å²) in [6.45, 7) is -4.68. The molecule has 0 unspecified atom stereocenters. The van der Waals surface area contributed by atoms with Gasteiger partial charge in [0.2, 0.25) is 0 Å². The van der Waals surface area contributed by atoms with Gasteiger partial charge in [0.25, 0.3) is 0 Å². The Morgan fingerprint density at radius 3 is 0.851 bits per heavy atom. The summed E-state index contributed by atoms with van der Waals surface area (Å²) in [5.74, 6) is -0.598. The van der Waals surface area contributed by atoms with Crippen molar-refractivity contribution in [3.05, 3.63) is 0 Å². The Morgan fingerprint density at radius 2 is 0.595 bits per heavy atom. The summed E-state index contributed by atoms with van der Waals surface area (Å²) in [6, 6.07) is 0. The van der Waals surface area contributed by atoms with Gasteiger partial charge in [-0.2, -0.15) is 0 Å². The van der Waals surface area contributed by atoms with Crippen LogP contribution in [0.15, 0.2) is 0 Å². The second-order valence-corrected chi connectivity index (χ2v) is 18.6. The zero-order valence-corrected chi connectivity index (χ0v) is 39.6. The summed E-state index contributed by atoms with van der Waals surface area (Å²) >= 11 is 0. The van der Waals surface area contributed by atoms with Crippen molar-refractivity contribution in [3.8, 4) is 0 Å². The van der Waals surface area contributed by atoms with E-state index in [0.29, 0.717) is 0 Å². The van der Waals surface area contributed by atoms with Crippen molar-refractivity contribution < 1.29 is 158 Å². The van der Waals surface area contributed by atoms with E-state index in [9.17, 15) is 91.6 Å². The van der Waals surface area contributed by atoms with Crippen LogP contribution in [0.4, 0.5) is 0 Å². The Kier molecular flexibility index (Phi) is 21.4. The van der Waals surface area contributed by atoms with E-state index in [2.05, 4.69) is 0 Å². The van der Waals surface area contributed by atoms with Crippen molar-refractivity contribution >= 4 is 5.97 Å².